The third-order valence-electron chi connectivity index (χ3n) is 4.75. The molecule has 0 saturated carbocycles. The van der Waals surface area contributed by atoms with Crippen molar-refractivity contribution in [1.29, 1.82) is 5.26 Å². The second-order valence-corrected chi connectivity index (χ2v) is 8.12. The molecule has 2 aliphatic rings. The number of nitriles is 1. The van der Waals surface area contributed by atoms with Crippen LogP contribution in [0.3, 0.4) is 0 Å². The number of nitrogens with zero attached hydrogens (tertiary/aromatic N) is 5. The summed E-state index contributed by atoms with van der Waals surface area (Å²) in [6.45, 7) is 2.23. The molecule has 0 aliphatic carbocycles. The van der Waals surface area contributed by atoms with Crippen molar-refractivity contribution >= 4 is 16.8 Å². The molecule has 8 nitrogen and oxygen atoms in total. The highest BCUT2D eigenvalue weighted by Gasteiger charge is 2.44. The van der Waals surface area contributed by atoms with Crippen molar-refractivity contribution in [2.45, 2.75) is 12.5 Å². The molecular formula is C16H20N6O2S. The van der Waals surface area contributed by atoms with Gasteiger partial charge in [0.25, 0.3) is 0 Å². The van der Waals surface area contributed by atoms with E-state index in [0.29, 0.717) is 32.0 Å². The van der Waals surface area contributed by atoms with Gasteiger partial charge in [-0.15, -0.1) is 0 Å². The largest absolute Gasteiger partial charge is 0.309 e. The van der Waals surface area contributed by atoms with Crippen molar-refractivity contribution in [3.63, 3.8) is 0 Å². The molecule has 0 spiro atoms. The minimum atomic E-state index is -3.12. The average Bonchev–Trinajstić information content (AvgIpc) is 3.33. The zero-order valence-electron chi connectivity index (χ0n) is 13.6. The first-order valence-electron chi connectivity index (χ1n) is 8.18. The van der Waals surface area contributed by atoms with Gasteiger partial charge in [0.05, 0.1) is 18.3 Å². The van der Waals surface area contributed by atoms with Crippen molar-refractivity contribution < 1.29 is 9.11 Å². The lowest BCUT2D eigenvalue weighted by molar-refractivity contribution is 0.310. The minimum absolute atomic E-state index is 0.0258. The van der Waals surface area contributed by atoms with E-state index < -0.39 is 11.0 Å². The normalized spacial score (nSPS) is 24.4. The summed E-state index contributed by atoms with van der Waals surface area (Å²) in [5.41, 5.74) is 1.83. The molecule has 25 heavy (non-hydrogen) atoms. The Balaban J connectivity index is 1.54. The molecule has 132 valence electrons. The predicted octanol–water partition coefficient (Wildman–Crippen LogP) is 2.33. The fourth-order valence-electron chi connectivity index (χ4n) is 3.46. The maximum absolute atomic E-state index is 10.8. The molecule has 1 atom stereocenters. The van der Waals surface area contributed by atoms with Crippen LogP contribution in [0.5, 0.6) is 0 Å². The number of nitrogens with one attached hydrogen (secondary N) is 1. The van der Waals surface area contributed by atoms with Crippen molar-refractivity contribution in [2.24, 2.45) is 0 Å². The van der Waals surface area contributed by atoms with Crippen LogP contribution >= 0.6 is 11.0 Å². The summed E-state index contributed by atoms with van der Waals surface area (Å²) < 4.78 is 24.9. The number of anilines is 1. The van der Waals surface area contributed by atoms with Gasteiger partial charge in [0.1, 0.15) is 0 Å². The van der Waals surface area contributed by atoms with Gasteiger partial charge in [-0.1, -0.05) is 30.3 Å². The molecule has 2 saturated heterocycles. The third-order valence-corrected chi connectivity index (χ3v) is 6.82. The van der Waals surface area contributed by atoms with Gasteiger partial charge in [0.15, 0.2) is 12.0 Å². The van der Waals surface area contributed by atoms with Gasteiger partial charge < -0.3 is 4.90 Å². The first-order valence-corrected chi connectivity index (χ1v) is 9.64. The predicted molar refractivity (Wildman–Crippen MR) is 96.5 cm³/mol. The zero-order valence-corrected chi connectivity index (χ0v) is 14.4. The highest BCUT2D eigenvalue weighted by atomic mass is 32.3. The van der Waals surface area contributed by atoms with E-state index in [1.54, 1.807) is 13.5 Å². The molecule has 2 fully saturated rings. The van der Waals surface area contributed by atoms with Crippen LogP contribution in [0.1, 0.15) is 6.42 Å². The monoisotopic (exact) mass is 360 g/mol. The van der Waals surface area contributed by atoms with E-state index in [0.717, 1.165) is 17.7 Å². The van der Waals surface area contributed by atoms with Crippen LogP contribution in [0, 0.1) is 11.5 Å². The highest BCUT2D eigenvalue weighted by Crippen LogP contribution is 2.54. The number of rotatable bonds is 3. The highest BCUT2D eigenvalue weighted by molar-refractivity contribution is 8.23. The maximum Gasteiger partial charge on any atom is 0.179 e. The number of likely N-dealkylation sites (tertiary alicyclic amines) is 1. The molecule has 2 aromatic rings. The summed E-state index contributed by atoms with van der Waals surface area (Å²) in [5.74, 6) is 0.525. The van der Waals surface area contributed by atoms with E-state index in [-0.39, 0.29) is 6.04 Å². The smallest absolute Gasteiger partial charge is 0.179 e. The summed E-state index contributed by atoms with van der Waals surface area (Å²) in [7, 11) is -3.12. The minimum Gasteiger partial charge on any atom is -0.309 e. The quantitative estimate of drug-likeness (QED) is 0.722. The zero-order chi connectivity index (χ0) is 17.4. The summed E-state index contributed by atoms with van der Waals surface area (Å²) in [5, 5.41) is 16.3. The van der Waals surface area contributed by atoms with Crippen LogP contribution in [-0.2, 0) is 0 Å². The summed E-state index contributed by atoms with van der Waals surface area (Å²) in [6.07, 6.45) is 2.89. The summed E-state index contributed by atoms with van der Waals surface area (Å²) in [6, 6.07) is 11.6. The Hall–Kier alpha value is -2.25. The Kier molecular flexibility index (Phi) is 4.05. The molecule has 0 bridgehead atoms. The van der Waals surface area contributed by atoms with E-state index in [2.05, 4.69) is 16.4 Å². The van der Waals surface area contributed by atoms with E-state index in [9.17, 15) is 9.11 Å². The molecule has 4 rings (SSSR count). The van der Waals surface area contributed by atoms with Crippen LogP contribution in [0.4, 0.5) is 5.82 Å². The van der Waals surface area contributed by atoms with Crippen molar-refractivity contribution in [2.75, 3.05) is 30.5 Å². The SMILES string of the molecule is N#CN1CC[C@@H](N2CCN(c3cc(-c4ccccc4)[nH]n3)S2(O)O)C1. The topological polar surface area (TPSA) is 103 Å². The lowest BCUT2D eigenvalue weighted by Gasteiger charge is -2.44. The molecule has 1 aromatic heterocycles. The Bertz CT molecular complexity index is 789. The number of aromatic nitrogens is 2. The fraction of sp³-hybridized carbons (Fsp3) is 0.375. The number of aromatic amines is 1. The standard InChI is InChI=1S/C16H20N6O2S/c17-12-20-7-6-14(11-20)21-8-9-22(25(21,23)24)16-10-15(18-19-16)13-4-2-1-3-5-13/h1-5,10,14,23-24H,6-9,11H2,(H,18,19)/t14-/m1/s1. The number of benzene rings is 1. The van der Waals surface area contributed by atoms with Crippen LogP contribution in [0.25, 0.3) is 11.3 Å². The lowest BCUT2D eigenvalue weighted by Crippen LogP contribution is -2.38. The molecule has 3 heterocycles. The summed E-state index contributed by atoms with van der Waals surface area (Å²) in [4.78, 5) is 1.66. The first-order chi connectivity index (χ1) is 12.1. The second-order valence-electron chi connectivity index (χ2n) is 6.23. The van der Waals surface area contributed by atoms with Crippen LogP contribution in [0.15, 0.2) is 36.4 Å². The Morgan fingerprint density at radius 3 is 2.72 bits per heavy atom. The molecule has 0 radical (unpaired) electrons. The Morgan fingerprint density at radius 2 is 2.00 bits per heavy atom. The number of hydrogen-bond donors (Lipinski definition) is 3. The number of H-pyrrole nitrogens is 1. The van der Waals surface area contributed by atoms with Gasteiger partial charge >= 0.3 is 0 Å². The molecule has 2 aliphatic heterocycles. The third kappa shape index (κ3) is 2.83. The van der Waals surface area contributed by atoms with E-state index in [1.807, 2.05) is 36.4 Å². The van der Waals surface area contributed by atoms with E-state index in [4.69, 9.17) is 5.26 Å². The van der Waals surface area contributed by atoms with Gasteiger partial charge in [0.2, 0.25) is 0 Å². The first kappa shape index (κ1) is 16.2. The van der Waals surface area contributed by atoms with Crippen molar-refractivity contribution in [3.05, 3.63) is 36.4 Å². The van der Waals surface area contributed by atoms with Crippen LogP contribution in [-0.4, -0.2) is 60.7 Å². The molecule has 1 aromatic carbocycles. The van der Waals surface area contributed by atoms with E-state index >= 15 is 0 Å². The maximum atomic E-state index is 10.8. The Labute approximate surface area is 147 Å². The lowest BCUT2D eigenvalue weighted by atomic mass is 10.2. The molecule has 0 amide bonds. The van der Waals surface area contributed by atoms with Crippen LogP contribution in [0.2, 0.25) is 0 Å². The van der Waals surface area contributed by atoms with E-state index in [1.165, 1.54) is 0 Å². The van der Waals surface area contributed by atoms with Crippen molar-refractivity contribution in [1.82, 2.24) is 19.4 Å². The van der Waals surface area contributed by atoms with Crippen molar-refractivity contribution in [3.8, 4) is 17.5 Å². The molecule has 0 unspecified atom stereocenters. The average molecular weight is 360 g/mol. The van der Waals surface area contributed by atoms with Gasteiger partial charge in [-0.2, -0.15) is 14.7 Å². The fourth-order valence-corrected chi connectivity index (χ4v) is 5.28. The van der Waals surface area contributed by atoms with Gasteiger partial charge in [0, 0.05) is 25.7 Å². The number of hydrogen-bond acceptors (Lipinski definition) is 7. The molecular weight excluding hydrogens is 340 g/mol. The van der Waals surface area contributed by atoms with Crippen LogP contribution < -0.4 is 4.31 Å². The second kappa shape index (κ2) is 6.24. The van der Waals surface area contributed by atoms with Gasteiger partial charge in [-0.3, -0.25) is 14.2 Å². The molecule has 9 heteroatoms. The molecule has 3 N–H and O–H groups in total. The van der Waals surface area contributed by atoms with Gasteiger partial charge in [-0.05, 0) is 22.9 Å². The summed E-state index contributed by atoms with van der Waals surface area (Å²) >= 11 is 0. The Morgan fingerprint density at radius 1 is 1.20 bits per heavy atom. The van der Waals surface area contributed by atoms with Gasteiger partial charge in [-0.25, -0.2) is 4.31 Å².